The first-order chi connectivity index (χ1) is 9.95. The van der Waals surface area contributed by atoms with Gasteiger partial charge in [0.05, 0.1) is 5.69 Å². The van der Waals surface area contributed by atoms with Gasteiger partial charge in [0.2, 0.25) is 0 Å². The van der Waals surface area contributed by atoms with Gasteiger partial charge in [-0.3, -0.25) is 4.79 Å². The van der Waals surface area contributed by atoms with Crippen LogP contribution in [-0.4, -0.2) is 11.9 Å². The summed E-state index contributed by atoms with van der Waals surface area (Å²) in [7, 11) is 0. The maximum absolute atomic E-state index is 13.3. The van der Waals surface area contributed by atoms with Crippen LogP contribution in [0, 0.1) is 5.82 Å². The van der Waals surface area contributed by atoms with Crippen LogP contribution in [0.4, 0.5) is 26.2 Å². The van der Waals surface area contributed by atoms with Gasteiger partial charge < -0.3 is 22.1 Å². The molecule has 0 bridgehead atoms. The zero-order chi connectivity index (χ0) is 15.4. The molecule has 0 radical (unpaired) electrons. The maximum Gasteiger partial charge on any atom is 0.316 e. The number of nitrogens with two attached hydrogens (primary N) is 2. The number of carbonyl (C=O) groups is 2. The van der Waals surface area contributed by atoms with Crippen molar-refractivity contribution in [2.24, 2.45) is 5.73 Å². The third-order valence-corrected chi connectivity index (χ3v) is 2.67. The molecule has 0 heterocycles. The quantitative estimate of drug-likeness (QED) is 0.649. The first-order valence-corrected chi connectivity index (χ1v) is 5.98. The molecule has 108 valence electrons. The number of hydrogen-bond donors (Lipinski definition) is 4. The lowest BCUT2D eigenvalue weighted by Crippen LogP contribution is -2.19. The van der Waals surface area contributed by atoms with Gasteiger partial charge in [0.25, 0.3) is 5.91 Å². The number of hydrogen-bond acceptors (Lipinski definition) is 3. The molecule has 3 amide bonds. The second-order valence-corrected chi connectivity index (χ2v) is 4.26. The molecule has 2 rings (SSSR count). The molecule has 0 aromatic heterocycles. The summed E-state index contributed by atoms with van der Waals surface area (Å²) in [6.07, 6.45) is 0. The smallest absolute Gasteiger partial charge is 0.316 e. The van der Waals surface area contributed by atoms with Crippen LogP contribution in [0.25, 0.3) is 0 Å². The van der Waals surface area contributed by atoms with Gasteiger partial charge in [-0.15, -0.1) is 0 Å². The van der Waals surface area contributed by atoms with Crippen molar-refractivity contribution >= 4 is 29.0 Å². The van der Waals surface area contributed by atoms with Crippen molar-refractivity contribution in [3.63, 3.8) is 0 Å². The Morgan fingerprint density at radius 1 is 0.952 bits per heavy atom. The Morgan fingerprint density at radius 3 is 2.05 bits per heavy atom. The van der Waals surface area contributed by atoms with Crippen LogP contribution >= 0.6 is 0 Å². The molecule has 0 saturated heterocycles. The highest BCUT2D eigenvalue weighted by atomic mass is 19.1. The molecule has 2 aromatic carbocycles. The molecule has 6 N–H and O–H groups in total. The van der Waals surface area contributed by atoms with E-state index in [1.54, 1.807) is 24.3 Å². The van der Waals surface area contributed by atoms with Crippen LogP contribution in [0.3, 0.4) is 0 Å². The van der Waals surface area contributed by atoms with E-state index < -0.39 is 17.8 Å². The van der Waals surface area contributed by atoms with Gasteiger partial charge >= 0.3 is 6.03 Å². The van der Waals surface area contributed by atoms with Gasteiger partial charge in [0, 0.05) is 16.9 Å². The molecule has 0 aliphatic rings. The van der Waals surface area contributed by atoms with Crippen LogP contribution in [-0.2, 0) is 0 Å². The molecule has 21 heavy (non-hydrogen) atoms. The lowest BCUT2D eigenvalue weighted by Gasteiger charge is -2.07. The second kappa shape index (κ2) is 5.91. The average molecular weight is 288 g/mol. The molecular formula is C14H13FN4O2. The Labute approximate surface area is 119 Å². The molecule has 0 saturated carbocycles. The van der Waals surface area contributed by atoms with Crippen molar-refractivity contribution in [3.05, 3.63) is 53.8 Å². The Bertz CT molecular complexity index is 686. The van der Waals surface area contributed by atoms with Gasteiger partial charge in [-0.2, -0.15) is 0 Å². The third kappa shape index (κ3) is 3.69. The minimum Gasteiger partial charge on any atom is -0.396 e. The normalized spacial score (nSPS) is 9.95. The number of carbonyl (C=O) groups excluding carboxylic acids is 2. The van der Waals surface area contributed by atoms with E-state index in [4.69, 9.17) is 11.5 Å². The molecule has 0 unspecified atom stereocenters. The van der Waals surface area contributed by atoms with Crippen LogP contribution in [0.2, 0.25) is 0 Å². The number of anilines is 3. The SMILES string of the molecule is NC(=O)Nc1ccc(NC(=O)c2ccc(N)c(F)c2)cc1. The third-order valence-electron chi connectivity index (χ3n) is 2.67. The summed E-state index contributed by atoms with van der Waals surface area (Å²) in [4.78, 5) is 22.6. The first-order valence-electron chi connectivity index (χ1n) is 5.98. The molecule has 0 aliphatic heterocycles. The maximum atomic E-state index is 13.3. The number of nitrogen functional groups attached to an aromatic ring is 1. The van der Waals surface area contributed by atoms with E-state index in [-0.39, 0.29) is 11.3 Å². The van der Waals surface area contributed by atoms with E-state index in [0.717, 1.165) is 6.07 Å². The number of benzene rings is 2. The van der Waals surface area contributed by atoms with Crippen molar-refractivity contribution < 1.29 is 14.0 Å². The van der Waals surface area contributed by atoms with Crippen LogP contribution in [0.15, 0.2) is 42.5 Å². The fraction of sp³-hybridized carbons (Fsp3) is 0. The molecular weight excluding hydrogens is 275 g/mol. The fourth-order valence-electron chi connectivity index (χ4n) is 1.65. The summed E-state index contributed by atoms with van der Waals surface area (Å²) < 4.78 is 13.3. The fourth-order valence-corrected chi connectivity index (χ4v) is 1.65. The van der Waals surface area contributed by atoms with Crippen LogP contribution in [0.5, 0.6) is 0 Å². The predicted molar refractivity (Wildman–Crippen MR) is 78.4 cm³/mol. The zero-order valence-electron chi connectivity index (χ0n) is 10.9. The Morgan fingerprint density at radius 2 is 1.52 bits per heavy atom. The van der Waals surface area contributed by atoms with Crippen molar-refractivity contribution in [2.75, 3.05) is 16.4 Å². The molecule has 6 nitrogen and oxygen atoms in total. The Kier molecular flexibility index (Phi) is 4.03. The van der Waals surface area contributed by atoms with Crippen molar-refractivity contribution in [3.8, 4) is 0 Å². The summed E-state index contributed by atoms with van der Waals surface area (Å²) in [6, 6.07) is 9.44. The monoisotopic (exact) mass is 288 g/mol. The Hall–Kier alpha value is -3.09. The summed E-state index contributed by atoms with van der Waals surface area (Å²) in [5, 5.41) is 4.99. The highest BCUT2D eigenvalue weighted by Crippen LogP contribution is 2.16. The summed E-state index contributed by atoms with van der Waals surface area (Å²) in [6.45, 7) is 0. The standard InChI is InChI=1S/C14H13FN4O2/c15-11-7-8(1-6-12(11)16)13(20)18-9-2-4-10(5-3-9)19-14(17)21/h1-7H,16H2,(H,18,20)(H3,17,19,21). The largest absolute Gasteiger partial charge is 0.396 e. The lowest BCUT2D eigenvalue weighted by atomic mass is 10.2. The van der Waals surface area contributed by atoms with E-state index in [2.05, 4.69) is 10.6 Å². The van der Waals surface area contributed by atoms with Gasteiger partial charge in [-0.1, -0.05) is 0 Å². The molecule has 2 aromatic rings. The topological polar surface area (TPSA) is 110 Å². The van der Waals surface area contributed by atoms with E-state index >= 15 is 0 Å². The Balaban J connectivity index is 2.08. The number of primary amides is 1. The first kappa shape index (κ1) is 14.3. The molecule has 0 spiro atoms. The predicted octanol–water partition coefficient (Wildman–Crippen LogP) is 2.15. The molecule has 0 aliphatic carbocycles. The van der Waals surface area contributed by atoms with Crippen LogP contribution < -0.4 is 22.1 Å². The van der Waals surface area contributed by atoms with Gasteiger partial charge in [0.15, 0.2) is 0 Å². The van der Waals surface area contributed by atoms with E-state index in [0.29, 0.717) is 11.4 Å². The number of urea groups is 1. The van der Waals surface area contributed by atoms with Crippen LogP contribution in [0.1, 0.15) is 10.4 Å². The van der Waals surface area contributed by atoms with Crippen molar-refractivity contribution in [1.29, 1.82) is 0 Å². The van der Waals surface area contributed by atoms with Crippen molar-refractivity contribution in [1.82, 2.24) is 0 Å². The zero-order valence-corrected chi connectivity index (χ0v) is 10.9. The highest BCUT2D eigenvalue weighted by Gasteiger charge is 2.09. The van der Waals surface area contributed by atoms with Crippen molar-refractivity contribution in [2.45, 2.75) is 0 Å². The van der Waals surface area contributed by atoms with E-state index in [9.17, 15) is 14.0 Å². The van der Waals surface area contributed by atoms with E-state index in [1.807, 2.05) is 0 Å². The van der Waals surface area contributed by atoms with Gasteiger partial charge in [0.1, 0.15) is 5.82 Å². The number of amides is 3. The molecule has 0 fully saturated rings. The number of rotatable bonds is 3. The lowest BCUT2D eigenvalue weighted by molar-refractivity contribution is 0.102. The number of halogens is 1. The van der Waals surface area contributed by atoms with Gasteiger partial charge in [-0.05, 0) is 42.5 Å². The minimum absolute atomic E-state index is 0.0200. The number of nitrogens with one attached hydrogen (secondary N) is 2. The minimum atomic E-state index is -0.677. The summed E-state index contributed by atoms with van der Waals surface area (Å²) in [5.41, 5.74) is 11.5. The van der Waals surface area contributed by atoms with E-state index in [1.165, 1.54) is 12.1 Å². The second-order valence-electron chi connectivity index (χ2n) is 4.26. The average Bonchev–Trinajstić information content (AvgIpc) is 2.43. The highest BCUT2D eigenvalue weighted by molar-refractivity contribution is 6.04. The van der Waals surface area contributed by atoms with Gasteiger partial charge in [-0.25, -0.2) is 9.18 Å². The summed E-state index contributed by atoms with van der Waals surface area (Å²) in [5.74, 6) is -1.12. The molecule has 0 atom stereocenters. The summed E-state index contributed by atoms with van der Waals surface area (Å²) >= 11 is 0. The molecule has 7 heteroatoms.